The Balaban J connectivity index is 2.11. The minimum Gasteiger partial charge on any atom is -0.308 e. The van der Waals surface area contributed by atoms with Gasteiger partial charge in [0, 0.05) is 11.6 Å². The van der Waals surface area contributed by atoms with Crippen LogP contribution in [-0.2, 0) is 20.2 Å². The van der Waals surface area contributed by atoms with Gasteiger partial charge in [-0.15, -0.1) is 0 Å². The molecule has 21 heavy (non-hydrogen) atoms. The van der Waals surface area contributed by atoms with Gasteiger partial charge in [0.05, 0.1) is 13.2 Å². The predicted molar refractivity (Wildman–Crippen MR) is 85.7 cm³/mol. The zero-order valence-electron chi connectivity index (χ0n) is 12.6. The molecule has 0 spiro atoms. The van der Waals surface area contributed by atoms with Crippen molar-refractivity contribution in [1.29, 1.82) is 0 Å². The summed E-state index contributed by atoms with van der Waals surface area (Å²) in [4.78, 5) is 2.20. The highest BCUT2D eigenvalue weighted by molar-refractivity contribution is 7.54. The molecule has 1 atom stereocenters. The lowest BCUT2D eigenvalue weighted by Gasteiger charge is -2.30. The smallest absolute Gasteiger partial charge is 0.308 e. The summed E-state index contributed by atoms with van der Waals surface area (Å²) in [5.74, 6) is -0.145. The molecule has 0 amide bonds. The van der Waals surface area contributed by atoms with Crippen LogP contribution in [0.2, 0.25) is 5.02 Å². The van der Waals surface area contributed by atoms with Gasteiger partial charge in [0.15, 0.2) is 0 Å². The van der Waals surface area contributed by atoms with E-state index in [0.29, 0.717) is 13.2 Å². The third kappa shape index (κ3) is 4.30. The maximum absolute atomic E-state index is 13.0. The largest absolute Gasteiger partial charge is 0.347 e. The Bertz CT molecular complexity index is 484. The lowest BCUT2D eigenvalue weighted by Crippen LogP contribution is -2.30. The second-order valence-corrected chi connectivity index (χ2v) is 7.72. The van der Waals surface area contributed by atoms with Crippen molar-refractivity contribution in [3.05, 3.63) is 34.9 Å². The van der Waals surface area contributed by atoms with Crippen LogP contribution in [0.15, 0.2) is 24.3 Å². The molecule has 1 unspecified atom stereocenters. The van der Waals surface area contributed by atoms with E-state index in [0.717, 1.165) is 36.5 Å². The van der Waals surface area contributed by atoms with E-state index in [1.165, 1.54) is 0 Å². The fourth-order valence-electron chi connectivity index (χ4n) is 2.74. The van der Waals surface area contributed by atoms with Crippen LogP contribution in [0, 0.1) is 0 Å². The van der Waals surface area contributed by atoms with Crippen molar-refractivity contribution in [1.82, 2.24) is 4.90 Å². The fourth-order valence-corrected chi connectivity index (χ4v) is 5.11. The van der Waals surface area contributed by atoms with E-state index >= 15 is 0 Å². The maximum Gasteiger partial charge on any atom is 0.347 e. The van der Waals surface area contributed by atoms with E-state index in [2.05, 4.69) is 4.90 Å². The van der Waals surface area contributed by atoms with Gasteiger partial charge in [-0.3, -0.25) is 9.46 Å². The molecule has 0 aliphatic carbocycles. The standard InChI is InChI=1S/C15H23ClNO3P/c1-3-19-21(18,20-4-2)15-6-5-11-17(15)12-13-7-9-14(16)10-8-13/h7-10,15H,3-6,11-12H2,1-2H3. The zero-order chi connectivity index (χ0) is 15.3. The molecule has 1 fully saturated rings. The number of hydrogen-bond acceptors (Lipinski definition) is 4. The molecule has 118 valence electrons. The topological polar surface area (TPSA) is 38.8 Å². The van der Waals surface area contributed by atoms with Gasteiger partial charge in [0.25, 0.3) is 0 Å². The number of benzene rings is 1. The van der Waals surface area contributed by atoms with Crippen LogP contribution >= 0.6 is 19.2 Å². The monoisotopic (exact) mass is 331 g/mol. The molecule has 0 N–H and O–H groups in total. The minimum absolute atomic E-state index is 0.145. The van der Waals surface area contributed by atoms with Gasteiger partial charge < -0.3 is 9.05 Å². The summed E-state index contributed by atoms with van der Waals surface area (Å²) in [6, 6.07) is 7.77. The van der Waals surface area contributed by atoms with Crippen LogP contribution < -0.4 is 0 Å². The van der Waals surface area contributed by atoms with E-state index < -0.39 is 7.60 Å². The Labute approximate surface area is 131 Å². The van der Waals surface area contributed by atoms with Crippen molar-refractivity contribution in [2.75, 3.05) is 19.8 Å². The van der Waals surface area contributed by atoms with Crippen molar-refractivity contribution in [3.63, 3.8) is 0 Å². The van der Waals surface area contributed by atoms with Gasteiger partial charge in [-0.2, -0.15) is 0 Å². The number of nitrogens with zero attached hydrogens (tertiary/aromatic N) is 1. The molecule has 1 aromatic carbocycles. The molecule has 0 radical (unpaired) electrons. The fraction of sp³-hybridized carbons (Fsp3) is 0.600. The molecular formula is C15H23ClNO3P. The van der Waals surface area contributed by atoms with E-state index in [-0.39, 0.29) is 5.78 Å². The molecule has 1 heterocycles. The first-order valence-corrected chi connectivity index (χ1v) is 9.45. The highest BCUT2D eigenvalue weighted by atomic mass is 35.5. The van der Waals surface area contributed by atoms with Crippen LogP contribution in [0.4, 0.5) is 0 Å². The van der Waals surface area contributed by atoms with Crippen molar-refractivity contribution < 1.29 is 13.6 Å². The lowest BCUT2D eigenvalue weighted by atomic mass is 10.2. The first-order chi connectivity index (χ1) is 10.1. The van der Waals surface area contributed by atoms with Gasteiger partial charge in [0.1, 0.15) is 5.78 Å². The van der Waals surface area contributed by atoms with Gasteiger partial charge in [0.2, 0.25) is 0 Å². The van der Waals surface area contributed by atoms with Gasteiger partial charge >= 0.3 is 7.60 Å². The van der Waals surface area contributed by atoms with Gasteiger partial charge in [-0.05, 0) is 50.9 Å². The highest BCUT2D eigenvalue weighted by Gasteiger charge is 2.42. The second-order valence-electron chi connectivity index (χ2n) is 5.10. The van der Waals surface area contributed by atoms with Crippen LogP contribution in [0.3, 0.4) is 0 Å². The molecular weight excluding hydrogens is 309 g/mol. The molecule has 4 nitrogen and oxygen atoms in total. The van der Waals surface area contributed by atoms with Gasteiger partial charge in [-0.1, -0.05) is 23.7 Å². The van der Waals surface area contributed by atoms with E-state index in [9.17, 15) is 4.57 Å². The normalized spacial score (nSPS) is 20.0. The summed E-state index contributed by atoms with van der Waals surface area (Å²) in [5.41, 5.74) is 1.16. The Morgan fingerprint density at radius 2 is 1.86 bits per heavy atom. The Hall–Kier alpha value is -0.380. The first-order valence-electron chi connectivity index (χ1n) is 7.46. The Morgan fingerprint density at radius 1 is 1.24 bits per heavy atom. The number of halogens is 1. The summed E-state index contributed by atoms with van der Waals surface area (Å²) < 4.78 is 24.0. The van der Waals surface area contributed by atoms with Crippen molar-refractivity contribution in [2.45, 2.75) is 39.0 Å². The molecule has 0 saturated carbocycles. The molecule has 1 aliphatic rings. The number of likely N-dealkylation sites (tertiary alicyclic amines) is 1. The van der Waals surface area contributed by atoms with Crippen molar-refractivity contribution in [2.24, 2.45) is 0 Å². The van der Waals surface area contributed by atoms with Crippen LogP contribution in [0.25, 0.3) is 0 Å². The SMILES string of the molecule is CCOP(=O)(OCC)C1CCCN1Cc1ccc(Cl)cc1. The average Bonchev–Trinajstić information content (AvgIpc) is 2.91. The molecule has 6 heteroatoms. The Morgan fingerprint density at radius 3 is 2.43 bits per heavy atom. The maximum atomic E-state index is 13.0. The van der Waals surface area contributed by atoms with Crippen LogP contribution in [0.1, 0.15) is 32.3 Å². The summed E-state index contributed by atoms with van der Waals surface area (Å²) in [7, 11) is -3.07. The molecule has 1 aliphatic heterocycles. The summed E-state index contributed by atoms with van der Waals surface area (Å²) in [5, 5.41) is 0.728. The highest BCUT2D eigenvalue weighted by Crippen LogP contribution is 2.57. The molecule has 1 aromatic rings. The number of hydrogen-bond donors (Lipinski definition) is 0. The average molecular weight is 332 g/mol. The summed E-state index contributed by atoms with van der Waals surface area (Å²) in [6.07, 6.45) is 1.87. The molecule has 0 bridgehead atoms. The number of rotatable bonds is 7. The van der Waals surface area contributed by atoms with Crippen molar-refractivity contribution >= 4 is 19.2 Å². The second kappa shape index (κ2) is 7.75. The van der Waals surface area contributed by atoms with E-state index in [1.54, 1.807) is 0 Å². The molecule has 2 rings (SSSR count). The lowest BCUT2D eigenvalue weighted by molar-refractivity contribution is 0.179. The van der Waals surface area contributed by atoms with Crippen LogP contribution in [0.5, 0.6) is 0 Å². The Kier molecular flexibility index (Phi) is 6.27. The third-order valence-corrected chi connectivity index (χ3v) is 6.41. The van der Waals surface area contributed by atoms with E-state index in [4.69, 9.17) is 20.6 Å². The van der Waals surface area contributed by atoms with Crippen LogP contribution in [-0.4, -0.2) is 30.4 Å². The minimum atomic E-state index is -3.07. The molecule has 0 aromatic heterocycles. The first kappa shape index (κ1) is 17.0. The third-order valence-electron chi connectivity index (χ3n) is 3.61. The summed E-state index contributed by atoms with van der Waals surface area (Å²) in [6.45, 7) is 6.17. The summed E-state index contributed by atoms with van der Waals surface area (Å²) >= 11 is 5.91. The quantitative estimate of drug-likeness (QED) is 0.688. The molecule has 1 saturated heterocycles. The predicted octanol–water partition coefficient (Wildman–Crippen LogP) is 4.53. The van der Waals surface area contributed by atoms with Gasteiger partial charge in [-0.25, -0.2) is 0 Å². The van der Waals surface area contributed by atoms with E-state index in [1.807, 2.05) is 38.1 Å². The zero-order valence-corrected chi connectivity index (χ0v) is 14.3. The van der Waals surface area contributed by atoms with Crippen molar-refractivity contribution in [3.8, 4) is 0 Å².